The van der Waals surface area contributed by atoms with Gasteiger partial charge in [-0.2, -0.15) is 0 Å². The van der Waals surface area contributed by atoms with E-state index in [1.165, 1.54) is 18.7 Å². The highest BCUT2D eigenvalue weighted by molar-refractivity contribution is 7.79. The van der Waals surface area contributed by atoms with Gasteiger partial charge in [0, 0.05) is 23.3 Å². The first-order valence-corrected chi connectivity index (χ1v) is 3.73. The molecule has 0 atom stereocenters. The van der Waals surface area contributed by atoms with Crippen LogP contribution < -0.4 is 0 Å². The van der Waals surface area contributed by atoms with Crippen LogP contribution in [-0.4, -0.2) is 23.4 Å². The zero-order valence-electron chi connectivity index (χ0n) is 6.48. The second-order valence-electron chi connectivity index (χ2n) is 2.12. The Bertz CT molecular complexity index is 312. The zero-order chi connectivity index (χ0) is 8.97. The van der Waals surface area contributed by atoms with Crippen molar-refractivity contribution < 1.29 is 9.53 Å². The Morgan fingerprint density at radius 1 is 1.67 bits per heavy atom. The highest BCUT2D eigenvalue weighted by atomic mass is 32.1. The summed E-state index contributed by atoms with van der Waals surface area (Å²) in [7, 11) is 1.33. The summed E-state index contributed by atoms with van der Waals surface area (Å²) in [4.78, 5) is 14.8. The van der Waals surface area contributed by atoms with E-state index in [2.05, 4.69) is 21.9 Å². The van der Waals surface area contributed by atoms with Crippen LogP contribution in [0.2, 0.25) is 0 Å². The molecular formula is C8H7NO2S. The van der Waals surface area contributed by atoms with Crippen LogP contribution in [0.1, 0.15) is 15.9 Å². The van der Waals surface area contributed by atoms with Crippen molar-refractivity contribution in [2.24, 2.45) is 0 Å². The Balaban J connectivity index is 3.01. The third kappa shape index (κ3) is 1.85. The number of methoxy groups -OCH3 is 1. The van der Waals surface area contributed by atoms with Crippen molar-refractivity contribution >= 4 is 23.6 Å². The van der Waals surface area contributed by atoms with Crippen LogP contribution in [0.5, 0.6) is 0 Å². The molecule has 0 spiro atoms. The number of nitrogens with zero attached hydrogens (tertiary/aromatic N) is 1. The summed E-state index contributed by atoms with van der Waals surface area (Å²) in [5, 5.41) is 1.46. The minimum atomic E-state index is -0.402. The van der Waals surface area contributed by atoms with Crippen LogP contribution in [0.25, 0.3) is 0 Å². The van der Waals surface area contributed by atoms with E-state index >= 15 is 0 Å². The molecule has 0 saturated carbocycles. The van der Waals surface area contributed by atoms with Gasteiger partial charge in [0.2, 0.25) is 0 Å². The Hall–Kier alpha value is -1.29. The van der Waals surface area contributed by atoms with E-state index in [9.17, 15) is 4.79 Å². The SMILES string of the molecule is COC(=O)c1cncc(C=S)c1. The summed E-state index contributed by atoms with van der Waals surface area (Å²) in [5.74, 6) is -0.402. The molecule has 1 aromatic heterocycles. The minimum Gasteiger partial charge on any atom is -0.465 e. The van der Waals surface area contributed by atoms with Gasteiger partial charge in [-0.1, -0.05) is 12.2 Å². The van der Waals surface area contributed by atoms with Gasteiger partial charge < -0.3 is 4.74 Å². The molecule has 4 heteroatoms. The molecule has 0 N–H and O–H groups in total. The lowest BCUT2D eigenvalue weighted by atomic mass is 10.2. The van der Waals surface area contributed by atoms with Crippen molar-refractivity contribution in [3.05, 3.63) is 29.6 Å². The Morgan fingerprint density at radius 3 is 3.00 bits per heavy atom. The molecule has 62 valence electrons. The van der Waals surface area contributed by atoms with Crippen LogP contribution in [0.15, 0.2) is 18.5 Å². The summed E-state index contributed by atoms with van der Waals surface area (Å²) in [6.45, 7) is 0. The molecule has 0 unspecified atom stereocenters. The minimum absolute atomic E-state index is 0.402. The lowest BCUT2D eigenvalue weighted by Gasteiger charge is -1.97. The van der Waals surface area contributed by atoms with E-state index in [4.69, 9.17) is 0 Å². The number of thiocarbonyl (C=S) groups is 1. The average Bonchev–Trinajstić information content (AvgIpc) is 2.17. The average molecular weight is 181 g/mol. The summed E-state index contributed by atoms with van der Waals surface area (Å²) >= 11 is 4.68. The zero-order valence-corrected chi connectivity index (χ0v) is 7.30. The van der Waals surface area contributed by atoms with Gasteiger partial charge >= 0.3 is 5.97 Å². The van der Waals surface area contributed by atoms with Crippen LogP contribution >= 0.6 is 12.2 Å². The van der Waals surface area contributed by atoms with Crippen molar-refractivity contribution in [2.45, 2.75) is 0 Å². The van der Waals surface area contributed by atoms with Crippen LogP contribution in [-0.2, 0) is 4.74 Å². The van der Waals surface area contributed by atoms with Gasteiger partial charge in [0.25, 0.3) is 0 Å². The fraction of sp³-hybridized carbons (Fsp3) is 0.125. The number of rotatable bonds is 2. The number of aromatic nitrogens is 1. The molecule has 1 rings (SSSR count). The second-order valence-corrected chi connectivity index (χ2v) is 2.35. The number of ether oxygens (including phenoxy) is 1. The Morgan fingerprint density at radius 2 is 2.42 bits per heavy atom. The molecule has 0 aliphatic carbocycles. The first-order valence-electron chi connectivity index (χ1n) is 3.26. The predicted octanol–water partition coefficient (Wildman–Crippen LogP) is 1.22. The monoisotopic (exact) mass is 181 g/mol. The van der Waals surface area contributed by atoms with Gasteiger partial charge in [-0.25, -0.2) is 4.79 Å². The first-order chi connectivity index (χ1) is 5.77. The van der Waals surface area contributed by atoms with Crippen LogP contribution in [0, 0.1) is 0 Å². The largest absolute Gasteiger partial charge is 0.465 e. The number of hydrogen-bond donors (Lipinski definition) is 0. The summed E-state index contributed by atoms with van der Waals surface area (Å²) < 4.78 is 4.51. The van der Waals surface area contributed by atoms with Gasteiger partial charge in [0.1, 0.15) is 0 Å². The summed E-state index contributed by atoms with van der Waals surface area (Å²) in [6.07, 6.45) is 3.02. The van der Waals surface area contributed by atoms with E-state index in [0.717, 1.165) is 5.56 Å². The van der Waals surface area contributed by atoms with E-state index in [1.807, 2.05) is 0 Å². The molecule has 0 aromatic carbocycles. The molecule has 12 heavy (non-hydrogen) atoms. The van der Waals surface area contributed by atoms with E-state index in [0.29, 0.717) is 5.56 Å². The standard InChI is InChI=1S/C8H7NO2S/c1-11-8(10)7-2-6(5-12)3-9-4-7/h2-5H,1H3. The van der Waals surface area contributed by atoms with Crippen LogP contribution in [0.3, 0.4) is 0 Å². The van der Waals surface area contributed by atoms with Gasteiger partial charge in [-0.05, 0) is 6.07 Å². The van der Waals surface area contributed by atoms with Crippen molar-refractivity contribution in [2.75, 3.05) is 7.11 Å². The number of hydrogen-bond acceptors (Lipinski definition) is 4. The van der Waals surface area contributed by atoms with Gasteiger partial charge in [0.05, 0.1) is 12.7 Å². The van der Waals surface area contributed by atoms with Crippen molar-refractivity contribution in [3.8, 4) is 0 Å². The van der Waals surface area contributed by atoms with Gasteiger partial charge in [0.15, 0.2) is 0 Å². The van der Waals surface area contributed by atoms with Crippen molar-refractivity contribution in [1.29, 1.82) is 0 Å². The lowest BCUT2D eigenvalue weighted by molar-refractivity contribution is 0.0600. The van der Waals surface area contributed by atoms with Crippen LogP contribution in [0.4, 0.5) is 0 Å². The van der Waals surface area contributed by atoms with Gasteiger partial charge in [-0.15, -0.1) is 0 Å². The maximum atomic E-state index is 11.0. The van der Waals surface area contributed by atoms with Gasteiger partial charge in [-0.3, -0.25) is 4.98 Å². The molecule has 0 bridgehead atoms. The molecule has 0 aliphatic rings. The number of carbonyl (C=O) groups is 1. The second kappa shape index (κ2) is 3.92. The normalized spacial score (nSPS) is 9.08. The molecule has 0 saturated heterocycles. The molecular weight excluding hydrogens is 174 g/mol. The topological polar surface area (TPSA) is 39.2 Å². The highest BCUT2D eigenvalue weighted by Gasteiger charge is 2.04. The molecule has 0 aliphatic heterocycles. The molecule has 1 aromatic rings. The molecule has 0 fully saturated rings. The summed E-state index contributed by atoms with van der Waals surface area (Å²) in [5.41, 5.74) is 1.14. The lowest BCUT2D eigenvalue weighted by Crippen LogP contribution is -2.02. The predicted molar refractivity (Wildman–Crippen MR) is 48.3 cm³/mol. The quantitative estimate of drug-likeness (QED) is 0.508. The fourth-order valence-corrected chi connectivity index (χ4v) is 0.881. The first kappa shape index (κ1) is 8.80. The molecule has 3 nitrogen and oxygen atoms in total. The molecule has 0 radical (unpaired) electrons. The maximum Gasteiger partial charge on any atom is 0.339 e. The number of carbonyl (C=O) groups excluding carboxylic acids is 1. The summed E-state index contributed by atoms with van der Waals surface area (Å²) in [6, 6.07) is 1.63. The smallest absolute Gasteiger partial charge is 0.339 e. The highest BCUT2D eigenvalue weighted by Crippen LogP contribution is 2.01. The van der Waals surface area contributed by atoms with Crippen molar-refractivity contribution in [1.82, 2.24) is 4.98 Å². The fourth-order valence-electron chi connectivity index (χ4n) is 0.752. The third-order valence-electron chi connectivity index (χ3n) is 1.32. The Labute approximate surface area is 75.4 Å². The molecule has 1 heterocycles. The van der Waals surface area contributed by atoms with Crippen molar-refractivity contribution in [3.63, 3.8) is 0 Å². The van der Waals surface area contributed by atoms with E-state index in [1.54, 1.807) is 12.3 Å². The van der Waals surface area contributed by atoms with E-state index < -0.39 is 5.97 Å². The third-order valence-corrected chi connectivity index (χ3v) is 1.59. The maximum absolute atomic E-state index is 11.0. The molecule has 0 amide bonds. The number of esters is 1. The Kier molecular flexibility index (Phi) is 2.88. The number of pyridine rings is 1. The van der Waals surface area contributed by atoms with E-state index in [-0.39, 0.29) is 0 Å².